The molecule has 0 aliphatic carbocycles. The molecule has 4 nitrogen and oxygen atoms in total. The van der Waals surface area contributed by atoms with E-state index in [2.05, 4.69) is 0 Å². The summed E-state index contributed by atoms with van der Waals surface area (Å²) in [7, 11) is 0. The maximum absolute atomic E-state index is 10.3. The quantitative estimate of drug-likeness (QED) is 0.424. The largest absolute Gasteiger partial charge is 0.481 e. The van der Waals surface area contributed by atoms with E-state index in [9.17, 15) is 9.90 Å². The van der Waals surface area contributed by atoms with Crippen LogP contribution in [0.5, 0.6) is 0 Å². The van der Waals surface area contributed by atoms with Gasteiger partial charge in [0, 0.05) is 6.42 Å². The summed E-state index contributed by atoms with van der Waals surface area (Å²) in [5.41, 5.74) is 0. The summed E-state index contributed by atoms with van der Waals surface area (Å²) in [6.45, 7) is 2.24. The topological polar surface area (TPSA) is 66.4 Å². The van der Waals surface area contributed by atoms with Gasteiger partial charge in [0.25, 0.3) is 0 Å². The lowest BCUT2D eigenvalue weighted by atomic mass is 10.0. The van der Waals surface area contributed by atoms with Gasteiger partial charge >= 0.3 is 5.97 Å². The van der Waals surface area contributed by atoms with Crippen molar-refractivity contribution in [2.24, 2.45) is 0 Å². The van der Waals surface area contributed by atoms with Crippen LogP contribution in [0.15, 0.2) is 0 Å². The van der Waals surface area contributed by atoms with Crippen LogP contribution in [0, 0.1) is 0 Å². The lowest BCUT2D eigenvalue weighted by molar-refractivity contribution is -0.137. The van der Waals surface area contributed by atoms with E-state index in [1.807, 2.05) is 6.92 Å². The highest BCUT2D eigenvalue weighted by Gasteiger charge is 2.01. The van der Waals surface area contributed by atoms with Crippen molar-refractivity contribution in [3.63, 3.8) is 0 Å². The molecule has 1 radical (unpaired) electrons. The van der Waals surface area contributed by atoms with Gasteiger partial charge in [0.15, 0.2) is 0 Å². The molecule has 0 aromatic carbocycles. The van der Waals surface area contributed by atoms with E-state index in [1.54, 1.807) is 0 Å². The first kappa shape index (κ1) is 20.4. The molecule has 0 amide bonds. The van der Waals surface area contributed by atoms with Gasteiger partial charge < -0.3 is 9.84 Å². The van der Waals surface area contributed by atoms with E-state index < -0.39 is 5.97 Å². The Bertz CT molecular complexity index is 231. The summed E-state index contributed by atoms with van der Waals surface area (Å²) in [5, 5.41) is 18.8. The molecule has 0 aromatic rings. The number of carboxylic acid groups (broad SMARTS) is 1. The number of carbonyl (C=O) groups is 1. The van der Waals surface area contributed by atoms with Crippen molar-refractivity contribution in [1.82, 2.24) is 0 Å². The van der Waals surface area contributed by atoms with Gasteiger partial charge in [-0.2, -0.15) is 0 Å². The Kier molecular flexibility index (Phi) is 15.3. The normalized spacial score (nSPS) is 12.5. The predicted molar refractivity (Wildman–Crippen MR) is 84.0 cm³/mol. The minimum absolute atomic E-state index is 0.138. The maximum atomic E-state index is 10.3. The van der Waals surface area contributed by atoms with Gasteiger partial charge in [-0.25, -0.2) is 5.11 Å². The van der Waals surface area contributed by atoms with Crippen molar-refractivity contribution >= 4 is 5.97 Å². The Morgan fingerprint density at radius 3 is 1.86 bits per heavy atom. The van der Waals surface area contributed by atoms with E-state index in [0.717, 1.165) is 19.3 Å². The zero-order valence-corrected chi connectivity index (χ0v) is 13.6. The molecule has 1 unspecified atom stereocenters. The van der Waals surface area contributed by atoms with Crippen LogP contribution in [-0.2, 0) is 14.6 Å². The number of aliphatic carboxylic acids is 1. The van der Waals surface area contributed by atoms with Crippen LogP contribution in [0.25, 0.3) is 0 Å². The highest BCUT2D eigenvalue weighted by atomic mass is 16.5. The first-order valence-electron chi connectivity index (χ1n) is 8.58. The first-order valence-corrected chi connectivity index (χ1v) is 8.58. The van der Waals surface area contributed by atoms with Crippen molar-refractivity contribution in [2.45, 2.75) is 90.1 Å². The van der Waals surface area contributed by atoms with Crippen LogP contribution >= 0.6 is 0 Å². The highest BCUT2D eigenvalue weighted by Crippen LogP contribution is 2.13. The number of rotatable bonds is 16. The van der Waals surface area contributed by atoms with Gasteiger partial charge in [0.1, 0.15) is 6.61 Å². The molecule has 0 fully saturated rings. The molecule has 1 N–H and O–H groups in total. The SMILES string of the molecule is CC(CCCCCCCCCCCCC(=O)O)OCC[O]. The molecule has 1 atom stereocenters. The molecular weight excluding hydrogens is 268 g/mol. The van der Waals surface area contributed by atoms with Crippen molar-refractivity contribution in [1.29, 1.82) is 0 Å². The summed E-state index contributed by atoms with van der Waals surface area (Å²) < 4.78 is 5.35. The fourth-order valence-electron chi connectivity index (χ4n) is 2.45. The van der Waals surface area contributed by atoms with Gasteiger partial charge in [-0.15, -0.1) is 0 Å². The predicted octanol–water partition coefficient (Wildman–Crippen LogP) is 4.59. The third-order valence-electron chi connectivity index (χ3n) is 3.74. The molecule has 4 heteroatoms. The van der Waals surface area contributed by atoms with Gasteiger partial charge in [0.05, 0.1) is 12.7 Å². The summed E-state index contributed by atoms with van der Waals surface area (Å²) in [6, 6.07) is 0. The third-order valence-corrected chi connectivity index (χ3v) is 3.74. The maximum Gasteiger partial charge on any atom is 0.303 e. The molecule has 0 rings (SSSR count). The minimum atomic E-state index is -0.678. The molecule has 0 saturated carbocycles. The zero-order valence-electron chi connectivity index (χ0n) is 13.6. The lowest BCUT2D eigenvalue weighted by Gasteiger charge is -2.11. The summed E-state index contributed by atoms with van der Waals surface area (Å²) >= 11 is 0. The molecule has 0 aliphatic rings. The van der Waals surface area contributed by atoms with Crippen molar-refractivity contribution < 1.29 is 19.7 Å². The van der Waals surface area contributed by atoms with E-state index in [4.69, 9.17) is 9.84 Å². The average molecular weight is 301 g/mol. The fourth-order valence-corrected chi connectivity index (χ4v) is 2.45. The van der Waals surface area contributed by atoms with Crippen LogP contribution in [-0.4, -0.2) is 30.4 Å². The molecule has 0 spiro atoms. The van der Waals surface area contributed by atoms with E-state index >= 15 is 0 Å². The Hall–Kier alpha value is -0.610. The van der Waals surface area contributed by atoms with Crippen LogP contribution in [0.1, 0.15) is 84.0 Å². The minimum Gasteiger partial charge on any atom is -0.481 e. The van der Waals surface area contributed by atoms with Crippen molar-refractivity contribution in [2.75, 3.05) is 13.2 Å². The van der Waals surface area contributed by atoms with Gasteiger partial charge in [-0.05, 0) is 19.8 Å². The average Bonchev–Trinajstić information content (AvgIpc) is 2.45. The zero-order chi connectivity index (χ0) is 15.8. The molecular formula is C17H33O4. The highest BCUT2D eigenvalue weighted by molar-refractivity contribution is 5.66. The van der Waals surface area contributed by atoms with Gasteiger partial charge in [-0.1, -0.05) is 57.8 Å². The molecule has 125 valence electrons. The number of hydrogen-bond acceptors (Lipinski definition) is 2. The van der Waals surface area contributed by atoms with Gasteiger partial charge in [0.2, 0.25) is 0 Å². The van der Waals surface area contributed by atoms with Crippen LogP contribution in [0.4, 0.5) is 0 Å². The molecule has 0 heterocycles. The third kappa shape index (κ3) is 17.3. The Labute approximate surface area is 129 Å². The van der Waals surface area contributed by atoms with Crippen LogP contribution < -0.4 is 0 Å². The summed E-state index contributed by atoms with van der Waals surface area (Å²) in [4.78, 5) is 10.3. The molecule has 0 saturated heterocycles. The Morgan fingerprint density at radius 2 is 1.38 bits per heavy atom. The fraction of sp³-hybridized carbons (Fsp3) is 0.941. The second kappa shape index (κ2) is 15.8. The number of unbranched alkanes of at least 4 members (excludes halogenated alkanes) is 9. The Balaban J connectivity index is 3.07. The van der Waals surface area contributed by atoms with Crippen LogP contribution in [0.2, 0.25) is 0 Å². The summed E-state index contributed by atoms with van der Waals surface area (Å²) in [6.07, 6.45) is 13.5. The molecule has 0 aromatic heterocycles. The molecule has 0 bridgehead atoms. The van der Waals surface area contributed by atoms with Crippen LogP contribution in [0.3, 0.4) is 0 Å². The number of carboxylic acids is 1. The monoisotopic (exact) mass is 301 g/mol. The first-order chi connectivity index (χ1) is 10.2. The van der Waals surface area contributed by atoms with Crippen molar-refractivity contribution in [3.05, 3.63) is 0 Å². The second-order valence-electron chi connectivity index (χ2n) is 5.85. The van der Waals surface area contributed by atoms with E-state index in [1.165, 1.54) is 51.4 Å². The van der Waals surface area contributed by atoms with E-state index in [0.29, 0.717) is 13.0 Å². The Morgan fingerprint density at radius 1 is 0.905 bits per heavy atom. The molecule has 21 heavy (non-hydrogen) atoms. The smallest absolute Gasteiger partial charge is 0.303 e. The lowest BCUT2D eigenvalue weighted by Crippen LogP contribution is -2.10. The van der Waals surface area contributed by atoms with E-state index in [-0.39, 0.29) is 12.7 Å². The molecule has 0 aliphatic heterocycles. The summed E-state index contributed by atoms with van der Waals surface area (Å²) in [5.74, 6) is -0.678. The van der Waals surface area contributed by atoms with Crippen molar-refractivity contribution in [3.8, 4) is 0 Å². The number of hydrogen-bond donors (Lipinski definition) is 1. The number of ether oxygens (including phenoxy) is 1. The van der Waals surface area contributed by atoms with Gasteiger partial charge in [-0.3, -0.25) is 4.79 Å². The standard InChI is InChI=1S/C17H33O4/c1-16(21-15-14-18)12-10-8-6-4-2-3-5-7-9-11-13-17(19)20/h16H,2-15H2,1H3,(H,19,20). The second-order valence-corrected chi connectivity index (χ2v) is 5.85.